The number of hydrazone groups is 1. The van der Waals surface area contributed by atoms with Gasteiger partial charge in [0.15, 0.2) is 8.24 Å². The zero-order valence-electron chi connectivity index (χ0n) is 12.6. The lowest BCUT2D eigenvalue weighted by molar-refractivity contribution is -0.117. The van der Waals surface area contributed by atoms with Crippen molar-refractivity contribution in [3.63, 3.8) is 0 Å². The Morgan fingerprint density at radius 2 is 1.79 bits per heavy atom. The quantitative estimate of drug-likeness (QED) is 0.452. The number of hydrogen-bond acceptors (Lipinski definition) is 3. The fourth-order valence-corrected chi connectivity index (χ4v) is 1.89. The zero-order valence-corrected chi connectivity index (χ0v) is 13.6. The molecule has 0 aliphatic heterocycles. The van der Waals surface area contributed by atoms with Crippen LogP contribution in [-0.2, 0) is 4.79 Å². The van der Waals surface area contributed by atoms with E-state index in [1.54, 1.807) is 0 Å². The van der Waals surface area contributed by atoms with Crippen LogP contribution in [0.2, 0.25) is 19.6 Å². The molecule has 1 rings (SSSR count). The second-order valence-corrected chi connectivity index (χ2v) is 10.7. The molecule has 0 amide bonds. The van der Waals surface area contributed by atoms with E-state index in [2.05, 4.69) is 24.3 Å². The van der Waals surface area contributed by atoms with Gasteiger partial charge in [0.05, 0.1) is 12.1 Å². The van der Waals surface area contributed by atoms with Gasteiger partial charge in [-0.25, -0.2) is 0 Å². The van der Waals surface area contributed by atoms with E-state index in [-0.39, 0.29) is 5.78 Å². The molecule has 0 bridgehead atoms. The number of benzene rings is 1. The summed E-state index contributed by atoms with van der Waals surface area (Å²) in [6, 6.07) is 9.97. The van der Waals surface area contributed by atoms with Crippen LogP contribution >= 0.6 is 0 Å². The van der Waals surface area contributed by atoms with E-state index in [4.69, 9.17) is 5.10 Å². The van der Waals surface area contributed by atoms with Crippen molar-refractivity contribution in [2.75, 3.05) is 7.05 Å². The highest BCUT2D eigenvalue weighted by molar-refractivity contribution is 6.73. The molecule has 0 aromatic heterocycles. The maximum absolute atomic E-state index is 11.7. The minimum atomic E-state index is -1.48. The Morgan fingerprint density at radius 1 is 1.21 bits per heavy atom. The maximum Gasteiger partial charge on any atom is 0.168 e. The maximum atomic E-state index is 11.7. The molecule has 0 aliphatic rings. The number of hydrogen-bond donors (Lipinski definition) is 0. The highest BCUT2D eigenvalue weighted by Gasteiger charge is 2.20. The van der Waals surface area contributed by atoms with Gasteiger partial charge >= 0.3 is 0 Å². The van der Waals surface area contributed by atoms with Gasteiger partial charge in [-0.05, 0) is 5.56 Å². The molecule has 0 saturated carbocycles. The first-order valence-corrected chi connectivity index (χ1v) is 10.2. The minimum Gasteiger partial charge on any atom is -0.327 e. The van der Waals surface area contributed by atoms with Crippen molar-refractivity contribution in [2.45, 2.75) is 39.4 Å². The first-order chi connectivity index (χ1) is 8.84. The molecule has 104 valence electrons. The molecule has 0 radical (unpaired) electrons. The van der Waals surface area contributed by atoms with Crippen LogP contribution in [0.25, 0.3) is 0 Å². The predicted octanol–water partition coefficient (Wildman–Crippen LogP) is 3.53. The van der Waals surface area contributed by atoms with Crippen LogP contribution in [0.5, 0.6) is 0 Å². The van der Waals surface area contributed by atoms with E-state index >= 15 is 0 Å². The Labute approximate surface area is 117 Å². The summed E-state index contributed by atoms with van der Waals surface area (Å²) in [6.07, 6.45) is 0.970. The van der Waals surface area contributed by atoms with Gasteiger partial charge in [-0.2, -0.15) is 5.10 Å². The third-order valence-electron chi connectivity index (χ3n) is 3.11. The number of ketones is 1. The summed E-state index contributed by atoms with van der Waals surface area (Å²) >= 11 is 0. The second kappa shape index (κ2) is 6.66. The fourth-order valence-electron chi connectivity index (χ4n) is 1.47. The lowest BCUT2D eigenvalue weighted by Crippen LogP contribution is -2.40. The van der Waals surface area contributed by atoms with Crippen LogP contribution < -0.4 is 0 Å². The van der Waals surface area contributed by atoms with E-state index in [1.165, 1.54) is 0 Å². The van der Waals surface area contributed by atoms with Gasteiger partial charge < -0.3 is 4.67 Å². The molecule has 0 fully saturated rings. The standard InChI is InChI=1S/C15H24N2OSi/c1-6-14(18)12-15(13-10-8-7-9-11-13)16-17(2)19(3,4)5/h7-11H,6,12H2,1-5H3. The van der Waals surface area contributed by atoms with Crippen LogP contribution in [0.4, 0.5) is 0 Å². The molecular formula is C15H24N2OSi. The number of nitrogens with zero attached hydrogens (tertiary/aromatic N) is 2. The largest absolute Gasteiger partial charge is 0.327 e. The van der Waals surface area contributed by atoms with E-state index in [1.807, 2.05) is 44.3 Å². The van der Waals surface area contributed by atoms with Gasteiger partial charge in [0.25, 0.3) is 0 Å². The molecule has 0 atom stereocenters. The molecule has 0 N–H and O–H groups in total. The third-order valence-corrected chi connectivity index (χ3v) is 5.15. The monoisotopic (exact) mass is 276 g/mol. The van der Waals surface area contributed by atoms with Crippen molar-refractivity contribution in [1.29, 1.82) is 0 Å². The molecule has 0 aliphatic carbocycles. The van der Waals surface area contributed by atoms with Crippen molar-refractivity contribution >= 4 is 19.7 Å². The summed E-state index contributed by atoms with van der Waals surface area (Å²) in [5.74, 6) is 0.228. The van der Waals surface area contributed by atoms with Gasteiger partial charge in [-0.1, -0.05) is 56.9 Å². The highest BCUT2D eigenvalue weighted by Crippen LogP contribution is 2.12. The first kappa shape index (κ1) is 15.6. The molecule has 1 aromatic carbocycles. The van der Waals surface area contributed by atoms with Gasteiger partial charge in [-0.3, -0.25) is 4.79 Å². The molecule has 0 unspecified atom stereocenters. The Kier molecular flexibility index (Phi) is 5.48. The lowest BCUT2D eigenvalue weighted by atomic mass is 10.0. The van der Waals surface area contributed by atoms with E-state index in [9.17, 15) is 4.79 Å². The molecule has 1 aromatic rings. The minimum absolute atomic E-state index is 0.228. The molecule has 4 heteroatoms. The van der Waals surface area contributed by atoms with Crippen LogP contribution in [-0.4, -0.2) is 31.5 Å². The summed E-state index contributed by atoms with van der Waals surface area (Å²) in [4.78, 5) is 11.7. The van der Waals surface area contributed by atoms with Crippen LogP contribution in [0.1, 0.15) is 25.3 Å². The van der Waals surface area contributed by atoms with Crippen LogP contribution in [0.15, 0.2) is 35.4 Å². The number of Topliss-reactive ketones (excluding diaryl/α,β-unsaturated/α-hetero) is 1. The second-order valence-electron chi connectivity index (χ2n) is 5.68. The van der Waals surface area contributed by atoms with Crippen LogP contribution in [0, 0.1) is 0 Å². The van der Waals surface area contributed by atoms with Gasteiger partial charge in [0, 0.05) is 13.5 Å². The summed E-state index contributed by atoms with van der Waals surface area (Å²) in [7, 11) is 0.523. The highest BCUT2D eigenvalue weighted by atomic mass is 28.3. The Balaban J connectivity index is 3.06. The lowest BCUT2D eigenvalue weighted by Gasteiger charge is -2.28. The molecule has 19 heavy (non-hydrogen) atoms. The molecule has 0 spiro atoms. The Hall–Kier alpha value is -1.42. The van der Waals surface area contributed by atoms with Gasteiger partial charge in [0.2, 0.25) is 0 Å². The average molecular weight is 276 g/mol. The van der Waals surface area contributed by atoms with Gasteiger partial charge in [-0.15, -0.1) is 0 Å². The predicted molar refractivity (Wildman–Crippen MR) is 84.0 cm³/mol. The SMILES string of the molecule is CCC(=O)CC(=NN(C)[Si](C)(C)C)c1ccccc1. The normalized spacial score (nSPS) is 12.4. The smallest absolute Gasteiger partial charge is 0.168 e. The first-order valence-electron chi connectivity index (χ1n) is 6.73. The number of carbonyl (C=O) groups is 1. The number of rotatable bonds is 6. The van der Waals surface area contributed by atoms with Crippen LogP contribution in [0.3, 0.4) is 0 Å². The van der Waals surface area contributed by atoms with E-state index in [0.717, 1.165) is 11.3 Å². The topological polar surface area (TPSA) is 32.7 Å². The van der Waals surface area contributed by atoms with Crippen molar-refractivity contribution in [1.82, 2.24) is 4.67 Å². The summed E-state index contributed by atoms with van der Waals surface area (Å²) < 4.78 is 2.05. The van der Waals surface area contributed by atoms with Crippen molar-refractivity contribution < 1.29 is 4.79 Å². The summed E-state index contributed by atoms with van der Waals surface area (Å²) in [6.45, 7) is 8.61. The fraction of sp³-hybridized carbons (Fsp3) is 0.467. The molecule has 3 nitrogen and oxygen atoms in total. The average Bonchev–Trinajstić information content (AvgIpc) is 2.37. The van der Waals surface area contributed by atoms with E-state index < -0.39 is 8.24 Å². The Morgan fingerprint density at radius 3 is 2.26 bits per heavy atom. The third kappa shape index (κ3) is 4.99. The molecular weight excluding hydrogens is 252 g/mol. The summed E-state index contributed by atoms with van der Waals surface area (Å²) in [5.41, 5.74) is 1.91. The molecule has 0 saturated heterocycles. The van der Waals surface area contributed by atoms with Crippen molar-refractivity contribution in [3.05, 3.63) is 35.9 Å². The van der Waals surface area contributed by atoms with E-state index in [0.29, 0.717) is 12.8 Å². The molecule has 0 heterocycles. The zero-order chi connectivity index (χ0) is 14.5. The van der Waals surface area contributed by atoms with Gasteiger partial charge in [0.1, 0.15) is 5.78 Å². The van der Waals surface area contributed by atoms with Crippen molar-refractivity contribution in [2.24, 2.45) is 5.10 Å². The summed E-state index contributed by atoms with van der Waals surface area (Å²) in [5, 5.41) is 4.70. The Bertz CT molecular complexity index is 449. The number of carbonyl (C=O) groups excluding carboxylic acids is 1. The van der Waals surface area contributed by atoms with Crippen molar-refractivity contribution in [3.8, 4) is 0 Å².